The van der Waals surface area contributed by atoms with E-state index in [0.717, 1.165) is 35.1 Å². The minimum absolute atomic E-state index is 0.0679. The lowest BCUT2D eigenvalue weighted by atomic mass is 9.98. The van der Waals surface area contributed by atoms with Crippen LogP contribution in [0.5, 0.6) is 0 Å². The first-order valence-electron chi connectivity index (χ1n) is 11.2. The van der Waals surface area contributed by atoms with Gasteiger partial charge in [0.25, 0.3) is 0 Å². The van der Waals surface area contributed by atoms with Crippen molar-refractivity contribution >= 4 is 18.0 Å². The van der Waals surface area contributed by atoms with E-state index in [1.807, 2.05) is 36.4 Å². The molecule has 2 atom stereocenters. The van der Waals surface area contributed by atoms with Crippen molar-refractivity contribution in [2.24, 2.45) is 0 Å². The molecule has 2 aromatic rings. The van der Waals surface area contributed by atoms with Crippen LogP contribution in [-0.2, 0) is 14.3 Å². The fraction of sp³-hybridized carbons (Fsp3) is 0.400. The summed E-state index contributed by atoms with van der Waals surface area (Å²) in [6.07, 6.45) is -0.155. The van der Waals surface area contributed by atoms with Gasteiger partial charge >= 0.3 is 12.1 Å². The minimum atomic E-state index is -1.13. The highest BCUT2D eigenvalue weighted by Crippen LogP contribution is 2.44. The molecule has 8 heteroatoms. The molecule has 1 aliphatic carbocycles. The lowest BCUT2D eigenvalue weighted by Crippen LogP contribution is -2.49. The first kappa shape index (κ1) is 22.8. The number of amides is 2. The van der Waals surface area contributed by atoms with Crippen molar-refractivity contribution in [2.75, 3.05) is 19.7 Å². The maximum atomic E-state index is 12.5. The zero-order chi connectivity index (χ0) is 23.4. The summed E-state index contributed by atoms with van der Waals surface area (Å²) in [6, 6.07) is 15.2. The zero-order valence-corrected chi connectivity index (χ0v) is 18.3. The summed E-state index contributed by atoms with van der Waals surface area (Å²) in [5.41, 5.74) is 4.47. The number of hydrogen-bond donors (Lipinski definition) is 3. The van der Waals surface area contributed by atoms with Crippen molar-refractivity contribution in [2.45, 2.75) is 43.7 Å². The zero-order valence-electron chi connectivity index (χ0n) is 18.3. The van der Waals surface area contributed by atoms with Gasteiger partial charge in [0.05, 0.1) is 12.5 Å². The molecule has 174 valence electrons. The Morgan fingerprint density at radius 1 is 1.03 bits per heavy atom. The summed E-state index contributed by atoms with van der Waals surface area (Å²) >= 11 is 0. The van der Waals surface area contributed by atoms with Crippen LogP contribution in [0.4, 0.5) is 4.79 Å². The van der Waals surface area contributed by atoms with Gasteiger partial charge in [-0.2, -0.15) is 0 Å². The van der Waals surface area contributed by atoms with Gasteiger partial charge in [-0.25, -0.2) is 9.59 Å². The summed E-state index contributed by atoms with van der Waals surface area (Å²) in [5.74, 6) is -1.53. The van der Waals surface area contributed by atoms with Gasteiger partial charge in [-0.05, 0) is 41.5 Å². The Balaban J connectivity index is 1.27. The Bertz CT molecular complexity index is 994. The highest BCUT2D eigenvalue weighted by molar-refractivity contribution is 5.84. The Morgan fingerprint density at radius 3 is 2.30 bits per heavy atom. The molecule has 1 aliphatic heterocycles. The molecule has 3 N–H and O–H groups in total. The lowest BCUT2D eigenvalue weighted by Gasteiger charge is -2.33. The molecular formula is C25H28N2O6. The number of carbonyl (C=O) groups is 3. The van der Waals surface area contributed by atoms with E-state index in [4.69, 9.17) is 4.74 Å². The monoisotopic (exact) mass is 452 g/mol. The highest BCUT2D eigenvalue weighted by Gasteiger charge is 2.33. The van der Waals surface area contributed by atoms with Crippen molar-refractivity contribution in [1.29, 1.82) is 0 Å². The molecule has 2 aliphatic rings. The van der Waals surface area contributed by atoms with Gasteiger partial charge in [-0.3, -0.25) is 4.79 Å². The molecule has 1 fully saturated rings. The van der Waals surface area contributed by atoms with Crippen molar-refractivity contribution in [3.63, 3.8) is 0 Å². The average molecular weight is 453 g/mol. The number of nitrogens with zero attached hydrogens (tertiary/aromatic N) is 1. The predicted molar refractivity (Wildman–Crippen MR) is 121 cm³/mol. The SMILES string of the molecule is O=C(NCC(O)CC(=O)N1CCCC[C@H]1C(=O)O)OCC1c2ccccc2-c2ccccc21. The van der Waals surface area contributed by atoms with E-state index in [-0.39, 0.29) is 25.5 Å². The molecule has 0 radical (unpaired) electrons. The van der Waals surface area contributed by atoms with Crippen LogP contribution < -0.4 is 5.32 Å². The van der Waals surface area contributed by atoms with Crippen LogP contribution in [0.2, 0.25) is 0 Å². The van der Waals surface area contributed by atoms with Crippen LogP contribution >= 0.6 is 0 Å². The minimum Gasteiger partial charge on any atom is -0.480 e. The van der Waals surface area contributed by atoms with E-state index >= 15 is 0 Å². The number of carboxylic acid groups (broad SMARTS) is 1. The van der Waals surface area contributed by atoms with E-state index in [1.54, 1.807) is 0 Å². The third-order valence-corrected chi connectivity index (χ3v) is 6.34. The molecule has 8 nitrogen and oxygen atoms in total. The number of alkyl carbamates (subject to hydrolysis) is 1. The number of hydrogen-bond acceptors (Lipinski definition) is 5. The molecule has 2 amide bonds. The smallest absolute Gasteiger partial charge is 0.407 e. The topological polar surface area (TPSA) is 116 Å². The predicted octanol–water partition coefficient (Wildman–Crippen LogP) is 2.74. The second-order valence-corrected chi connectivity index (χ2v) is 8.50. The molecule has 0 saturated carbocycles. The average Bonchev–Trinajstić information content (AvgIpc) is 3.15. The van der Waals surface area contributed by atoms with E-state index in [0.29, 0.717) is 13.0 Å². The number of nitrogens with one attached hydrogen (secondary N) is 1. The number of aliphatic carboxylic acids is 1. The molecule has 4 rings (SSSR count). The van der Waals surface area contributed by atoms with Crippen LogP contribution in [-0.4, -0.2) is 64.9 Å². The maximum absolute atomic E-state index is 12.5. The second kappa shape index (κ2) is 10.0. The van der Waals surface area contributed by atoms with Gasteiger partial charge in [-0.15, -0.1) is 0 Å². The van der Waals surface area contributed by atoms with E-state index in [1.165, 1.54) is 4.90 Å². The van der Waals surface area contributed by atoms with Crippen LogP contribution in [0.15, 0.2) is 48.5 Å². The van der Waals surface area contributed by atoms with Gasteiger partial charge in [0.1, 0.15) is 12.6 Å². The second-order valence-electron chi connectivity index (χ2n) is 8.50. The molecule has 1 saturated heterocycles. The third kappa shape index (κ3) is 5.01. The third-order valence-electron chi connectivity index (χ3n) is 6.34. The number of rotatable bonds is 7. The van der Waals surface area contributed by atoms with E-state index < -0.39 is 30.1 Å². The molecule has 0 aromatic heterocycles. The molecule has 0 spiro atoms. The van der Waals surface area contributed by atoms with Crippen LogP contribution in [0.1, 0.15) is 42.7 Å². The number of ether oxygens (including phenoxy) is 1. The number of piperidine rings is 1. The van der Waals surface area contributed by atoms with Crippen molar-refractivity contribution in [3.05, 3.63) is 59.7 Å². The van der Waals surface area contributed by atoms with Crippen LogP contribution in [0, 0.1) is 0 Å². The standard InChI is InChI=1S/C25H28N2O6/c28-16(13-23(29)27-12-6-5-11-22(27)24(30)31)14-26-25(32)33-15-21-19-9-3-1-7-17(19)18-8-2-4-10-20(18)21/h1-4,7-10,16,21-22,28H,5-6,11-15H2,(H,26,32)(H,30,31)/t16?,22-/m0/s1. The Morgan fingerprint density at radius 2 is 1.67 bits per heavy atom. The molecule has 33 heavy (non-hydrogen) atoms. The Hall–Kier alpha value is -3.39. The summed E-state index contributed by atoms with van der Waals surface area (Å²) in [4.78, 5) is 37.4. The fourth-order valence-electron chi connectivity index (χ4n) is 4.73. The highest BCUT2D eigenvalue weighted by atomic mass is 16.5. The lowest BCUT2D eigenvalue weighted by molar-refractivity contribution is -0.152. The van der Waals surface area contributed by atoms with Crippen molar-refractivity contribution in [3.8, 4) is 11.1 Å². The van der Waals surface area contributed by atoms with Crippen molar-refractivity contribution in [1.82, 2.24) is 10.2 Å². The molecular weight excluding hydrogens is 424 g/mol. The number of aliphatic hydroxyl groups is 1. The van der Waals surface area contributed by atoms with Gasteiger partial charge in [-0.1, -0.05) is 48.5 Å². The van der Waals surface area contributed by atoms with Crippen molar-refractivity contribution < 1.29 is 29.3 Å². The normalized spacial score (nSPS) is 18.2. The fourth-order valence-corrected chi connectivity index (χ4v) is 4.73. The van der Waals surface area contributed by atoms with Crippen LogP contribution in [0.3, 0.4) is 0 Å². The summed E-state index contributed by atoms with van der Waals surface area (Å²) < 4.78 is 5.43. The number of fused-ring (bicyclic) bond motifs is 3. The van der Waals surface area contributed by atoms with E-state index in [9.17, 15) is 24.6 Å². The van der Waals surface area contributed by atoms with Gasteiger partial charge in [0, 0.05) is 19.0 Å². The number of aliphatic hydroxyl groups excluding tert-OH is 1. The molecule has 2 aromatic carbocycles. The van der Waals surface area contributed by atoms with Crippen LogP contribution in [0.25, 0.3) is 11.1 Å². The van der Waals surface area contributed by atoms with E-state index in [2.05, 4.69) is 17.4 Å². The summed E-state index contributed by atoms with van der Waals surface area (Å²) in [5, 5.41) is 22.0. The van der Waals surface area contributed by atoms with Gasteiger partial charge < -0.3 is 25.2 Å². The Kier molecular flexibility index (Phi) is 6.93. The quantitative estimate of drug-likeness (QED) is 0.595. The first-order valence-corrected chi connectivity index (χ1v) is 11.2. The Labute approximate surface area is 192 Å². The number of likely N-dealkylation sites (tertiary alicyclic amines) is 1. The summed E-state index contributed by atoms with van der Waals surface area (Å²) in [7, 11) is 0. The maximum Gasteiger partial charge on any atom is 0.407 e. The molecule has 1 heterocycles. The number of benzene rings is 2. The largest absolute Gasteiger partial charge is 0.480 e. The molecule has 0 bridgehead atoms. The van der Waals surface area contributed by atoms with Gasteiger partial charge in [0.2, 0.25) is 5.91 Å². The number of carboxylic acids is 1. The summed E-state index contributed by atoms with van der Waals surface area (Å²) in [6.45, 7) is 0.360. The molecule has 1 unspecified atom stereocenters. The first-order chi connectivity index (χ1) is 16.0. The number of carbonyl (C=O) groups excluding carboxylic acids is 2. The van der Waals surface area contributed by atoms with Gasteiger partial charge in [0.15, 0.2) is 0 Å².